The van der Waals surface area contributed by atoms with E-state index in [2.05, 4.69) is 13.8 Å². The maximum atomic E-state index is 4.74. The third-order valence-electron chi connectivity index (χ3n) is 1.15. The first-order chi connectivity index (χ1) is 8.11. The fourth-order valence-corrected chi connectivity index (χ4v) is 1.73. The number of hydrogen-bond donors (Lipinski definition) is 0. The van der Waals surface area contributed by atoms with Gasteiger partial charge in [0.25, 0.3) is 0 Å². The zero-order valence-electron chi connectivity index (χ0n) is 12.3. The molecule has 0 atom stereocenters. The van der Waals surface area contributed by atoms with Crippen LogP contribution in [-0.4, -0.2) is 61.7 Å². The lowest BCUT2D eigenvalue weighted by Crippen LogP contribution is -2.21. The standard InChI is InChI=1S/2C3H10O3Si.C3H8/c2*1-4-7(5-2)6-3;1-3-2/h2*7H,1-3H3;3H2,1-2H3. The lowest BCUT2D eigenvalue weighted by Gasteiger charge is -2.05. The molecule has 0 aromatic rings. The van der Waals surface area contributed by atoms with E-state index in [9.17, 15) is 0 Å². The van der Waals surface area contributed by atoms with Crippen molar-refractivity contribution in [3.63, 3.8) is 0 Å². The van der Waals surface area contributed by atoms with Crippen LogP contribution in [0.5, 0.6) is 0 Å². The highest BCUT2D eigenvalue weighted by Gasteiger charge is 2.05. The molecule has 0 saturated heterocycles. The second kappa shape index (κ2) is 21.5. The molecule has 0 heterocycles. The summed E-state index contributed by atoms with van der Waals surface area (Å²) in [4.78, 5) is 0. The summed E-state index contributed by atoms with van der Waals surface area (Å²) in [5, 5.41) is 0. The van der Waals surface area contributed by atoms with Gasteiger partial charge in [-0.25, -0.2) is 0 Å². The van der Waals surface area contributed by atoms with Gasteiger partial charge in [0.2, 0.25) is 0 Å². The maximum absolute atomic E-state index is 4.74. The Kier molecular flexibility index (Phi) is 28.3. The van der Waals surface area contributed by atoms with E-state index in [0.29, 0.717) is 0 Å². The fraction of sp³-hybridized carbons (Fsp3) is 1.00. The molecule has 0 spiro atoms. The van der Waals surface area contributed by atoms with Crippen molar-refractivity contribution < 1.29 is 26.6 Å². The molecule has 8 heteroatoms. The summed E-state index contributed by atoms with van der Waals surface area (Å²) < 4.78 is 28.5. The predicted octanol–water partition coefficient (Wildman–Crippen LogP) is 0.702. The van der Waals surface area contributed by atoms with Crippen molar-refractivity contribution in [2.24, 2.45) is 0 Å². The van der Waals surface area contributed by atoms with E-state index in [1.165, 1.54) is 6.42 Å². The summed E-state index contributed by atoms with van der Waals surface area (Å²) in [7, 11) is 6.10. The third kappa shape index (κ3) is 21.9. The molecule has 0 amide bonds. The molecule has 0 fully saturated rings. The minimum atomic E-state index is -1.67. The molecule has 17 heavy (non-hydrogen) atoms. The zero-order chi connectivity index (χ0) is 14.1. The minimum Gasteiger partial charge on any atom is -0.379 e. The van der Waals surface area contributed by atoms with Crippen LogP contribution in [0.4, 0.5) is 0 Å². The Morgan fingerprint density at radius 1 is 0.529 bits per heavy atom. The van der Waals surface area contributed by atoms with Crippen LogP contribution in [0.1, 0.15) is 20.3 Å². The summed E-state index contributed by atoms with van der Waals surface area (Å²) in [6.45, 7) is 4.25. The van der Waals surface area contributed by atoms with Crippen molar-refractivity contribution in [1.29, 1.82) is 0 Å². The van der Waals surface area contributed by atoms with Gasteiger partial charge in [0.1, 0.15) is 0 Å². The molecule has 0 saturated carbocycles. The van der Waals surface area contributed by atoms with Gasteiger partial charge in [-0.15, -0.1) is 0 Å². The first-order valence-corrected chi connectivity index (χ1v) is 8.11. The van der Waals surface area contributed by atoms with Gasteiger partial charge in [-0.3, -0.25) is 0 Å². The molecule has 108 valence electrons. The first-order valence-electron chi connectivity index (χ1n) is 5.28. The average Bonchev–Trinajstić information content (AvgIpc) is 2.35. The van der Waals surface area contributed by atoms with Crippen molar-refractivity contribution >= 4 is 19.1 Å². The van der Waals surface area contributed by atoms with E-state index in [1.807, 2.05) is 0 Å². The highest BCUT2D eigenvalue weighted by atomic mass is 28.3. The Morgan fingerprint density at radius 3 is 0.647 bits per heavy atom. The molecule has 0 aliphatic carbocycles. The summed E-state index contributed by atoms with van der Waals surface area (Å²) >= 11 is 0. The molecular formula is C9H28O6Si2. The molecule has 0 rings (SSSR count). The van der Waals surface area contributed by atoms with Gasteiger partial charge in [-0.05, 0) is 0 Å². The largest absolute Gasteiger partial charge is 0.483 e. The minimum absolute atomic E-state index is 1.25. The third-order valence-corrected chi connectivity index (χ3v) is 3.46. The molecule has 0 aliphatic heterocycles. The van der Waals surface area contributed by atoms with Gasteiger partial charge in [0.05, 0.1) is 0 Å². The summed E-state index contributed by atoms with van der Waals surface area (Å²) in [6.07, 6.45) is 1.25. The van der Waals surface area contributed by atoms with Crippen molar-refractivity contribution in [2.75, 3.05) is 42.7 Å². The molecule has 0 unspecified atom stereocenters. The van der Waals surface area contributed by atoms with E-state index < -0.39 is 19.1 Å². The Hall–Kier alpha value is 0.194. The van der Waals surface area contributed by atoms with E-state index in [1.54, 1.807) is 42.7 Å². The number of hydrogen-bond acceptors (Lipinski definition) is 6. The summed E-state index contributed by atoms with van der Waals surface area (Å²) in [5.41, 5.74) is 0. The Labute approximate surface area is 109 Å². The fourth-order valence-electron chi connectivity index (χ4n) is 0.577. The maximum Gasteiger partial charge on any atom is 0.483 e. The Morgan fingerprint density at radius 2 is 0.647 bits per heavy atom. The smallest absolute Gasteiger partial charge is 0.379 e. The molecule has 0 aliphatic rings. The van der Waals surface area contributed by atoms with Crippen molar-refractivity contribution in [3.8, 4) is 0 Å². The predicted molar refractivity (Wildman–Crippen MR) is 72.3 cm³/mol. The van der Waals surface area contributed by atoms with Gasteiger partial charge >= 0.3 is 19.1 Å². The highest BCUT2D eigenvalue weighted by Crippen LogP contribution is 1.81. The quantitative estimate of drug-likeness (QED) is 0.671. The molecular weight excluding hydrogens is 260 g/mol. The van der Waals surface area contributed by atoms with E-state index in [4.69, 9.17) is 26.6 Å². The van der Waals surface area contributed by atoms with E-state index in [0.717, 1.165) is 0 Å². The van der Waals surface area contributed by atoms with Crippen LogP contribution in [0.25, 0.3) is 0 Å². The summed E-state index contributed by atoms with van der Waals surface area (Å²) in [5.74, 6) is 0. The second-order valence-electron chi connectivity index (χ2n) is 2.70. The van der Waals surface area contributed by atoms with Crippen molar-refractivity contribution in [3.05, 3.63) is 0 Å². The van der Waals surface area contributed by atoms with Crippen LogP contribution >= 0.6 is 0 Å². The average molecular weight is 288 g/mol. The van der Waals surface area contributed by atoms with Crippen LogP contribution in [0, 0.1) is 0 Å². The molecule has 0 aromatic carbocycles. The van der Waals surface area contributed by atoms with Crippen molar-refractivity contribution in [2.45, 2.75) is 20.3 Å². The summed E-state index contributed by atoms with van der Waals surface area (Å²) in [6, 6.07) is 0. The van der Waals surface area contributed by atoms with Crippen LogP contribution in [0.3, 0.4) is 0 Å². The van der Waals surface area contributed by atoms with Crippen LogP contribution in [0.15, 0.2) is 0 Å². The SMILES string of the molecule is CCC.CO[SiH](OC)OC.CO[SiH](OC)OC. The van der Waals surface area contributed by atoms with Crippen LogP contribution in [-0.2, 0) is 26.6 Å². The highest BCUT2D eigenvalue weighted by molar-refractivity contribution is 6.36. The van der Waals surface area contributed by atoms with Gasteiger partial charge in [-0.1, -0.05) is 20.3 Å². The zero-order valence-corrected chi connectivity index (χ0v) is 14.6. The molecule has 0 bridgehead atoms. The van der Waals surface area contributed by atoms with E-state index in [-0.39, 0.29) is 0 Å². The van der Waals surface area contributed by atoms with Crippen LogP contribution < -0.4 is 0 Å². The van der Waals surface area contributed by atoms with Gasteiger partial charge in [-0.2, -0.15) is 0 Å². The molecule has 0 N–H and O–H groups in total. The normalized spacial score (nSPS) is 9.53. The van der Waals surface area contributed by atoms with Gasteiger partial charge in [0, 0.05) is 42.7 Å². The second-order valence-corrected chi connectivity index (χ2v) is 6.68. The lowest BCUT2D eigenvalue weighted by atomic mass is 10.6. The van der Waals surface area contributed by atoms with Gasteiger partial charge < -0.3 is 26.6 Å². The lowest BCUT2D eigenvalue weighted by molar-refractivity contribution is 0.163. The van der Waals surface area contributed by atoms with E-state index >= 15 is 0 Å². The van der Waals surface area contributed by atoms with Gasteiger partial charge in [0.15, 0.2) is 0 Å². The Bertz CT molecular complexity index is 88.6. The number of rotatable bonds is 6. The van der Waals surface area contributed by atoms with Crippen molar-refractivity contribution in [1.82, 2.24) is 0 Å². The van der Waals surface area contributed by atoms with Crippen LogP contribution in [0.2, 0.25) is 0 Å². The topological polar surface area (TPSA) is 55.4 Å². The Balaban J connectivity index is -0.000000188. The monoisotopic (exact) mass is 288 g/mol. The molecule has 6 nitrogen and oxygen atoms in total. The molecule has 0 aromatic heterocycles. The molecule has 0 radical (unpaired) electrons. The first kappa shape index (κ1) is 22.4.